The van der Waals surface area contributed by atoms with Gasteiger partial charge in [-0.25, -0.2) is 9.67 Å². The van der Waals surface area contributed by atoms with E-state index in [0.29, 0.717) is 18.1 Å². The van der Waals surface area contributed by atoms with Crippen molar-refractivity contribution in [2.45, 2.75) is 12.7 Å². The number of hydrogen-bond donors (Lipinski definition) is 1. The minimum Gasteiger partial charge on any atom is -0.380 e. The summed E-state index contributed by atoms with van der Waals surface area (Å²) in [5.74, 6) is 0.414. The smallest absolute Gasteiger partial charge is 0.380 e. The lowest BCUT2D eigenvalue weighted by atomic mass is 10.1. The van der Waals surface area contributed by atoms with Crippen LogP contribution in [0, 0.1) is 0 Å². The predicted molar refractivity (Wildman–Crippen MR) is 103 cm³/mol. The van der Waals surface area contributed by atoms with Crippen LogP contribution in [-0.4, -0.2) is 19.7 Å². The van der Waals surface area contributed by atoms with Crippen LogP contribution in [0.15, 0.2) is 79.4 Å². The summed E-state index contributed by atoms with van der Waals surface area (Å²) in [5.41, 5.74) is 2.15. The first kappa shape index (κ1) is 18.7. The Morgan fingerprint density at radius 2 is 1.83 bits per heavy atom. The zero-order valence-corrected chi connectivity index (χ0v) is 15.1. The van der Waals surface area contributed by atoms with Crippen molar-refractivity contribution in [2.75, 3.05) is 5.32 Å². The first-order valence-corrected chi connectivity index (χ1v) is 8.82. The molecule has 0 spiro atoms. The van der Waals surface area contributed by atoms with Gasteiger partial charge in [0.05, 0.1) is 11.3 Å². The molecule has 4 aromatic rings. The van der Waals surface area contributed by atoms with Crippen molar-refractivity contribution in [1.29, 1.82) is 0 Å². The number of benzene rings is 2. The zero-order chi connectivity index (χ0) is 20.3. The molecule has 2 aromatic heterocycles. The summed E-state index contributed by atoms with van der Waals surface area (Å²) in [6, 6.07) is 16.3. The van der Waals surface area contributed by atoms with Gasteiger partial charge in [0.2, 0.25) is 0 Å². The predicted octanol–water partition coefficient (Wildman–Crippen LogP) is 4.96. The Bertz CT molecular complexity index is 1110. The number of alkyl halides is 3. The molecule has 0 bridgehead atoms. The first-order valence-electron chi connectivity index (χ1n) is 8.82. The molecule has 0 amide bonds. The summed E-state index contributed by atoms with van der Waals surface area (Å²) in [6.07, 6.45) is 0.475. The second-order valence-electron chi connectivity index (χ2n) is 6.32. The van der Waals surface area contributed by atoms with Crippen LogP contribution >= 0.6 is 0 Å². The molecule has 0 saturated heterocycles. The Balaban J connectivity index is 1.60. The van der Waals surface area contributed by atoms with Crippen LogP contribution in [0.4, 0.5) is 18.9 Å². The lowest BCUT2D eigenvalue weighted by molar-refractivity contribution is -0.137. The maximum absolute atomic E-state index is 13.0. The highest BCUT2D eigenvalue weighted by molar-refractivity contribution is 5.73. The largest absolute Gasteiger partial charge is 0.416 e. The fourth-order valence-corrected chi connectivity index (χ4v) is 2.87. The van der Waals surface area contributed by atoms with Gasteiger partial charge in [-0.15, -0.1) is 5.10 Å². The number of nitrogens with one attached hydrogen (secondary N) is 1. The molecule has 0 aliphatic rings. The maximum atomic E-state index is 13.0. The van der Waals surface area contributed by atoms with Crippen LogP contribution in [0.2, 0.25) is 0 Å². The third-order valence-electron chi connectivity index (χ3n) is 4.30. The van der Waals surface area contributed by atoms with Crippen LogP contribution in [0.5, 0.6) is 0 Å². The van der Waals surface area contributed by atoms with Crippen molar-refractivity contribution >= 4 is 5.69 Å². The number of pyridine rings is 1. The van der Waals surface area contributed by atoms with Crippen LogP contribution in [0.3, 0.4) is 0 Å². The first-order chi connectivity index (χ1) is 14.0. The topological polar surface area (TPSA) is 55.6 Å². The molecule has 0 radical (unpaired) electrons. The van der Waals surface area contributed by atoms with Gasteiger partial charge in [-0.05, 0) is 42.0 Å². The summed E-state index contributed by atoms with van der Waals surface area (Å²) in [5, 5.41) is 7.70. The molecule has 5 nitrogen and oxygen atoms in total. The Kier molecular flexibility index (Phi) is 4.99. The Hall–Kier alpha value is -3.68. The molecule has 0 atom stereocenters. The van der Waals surface area contributed by atoms with Crippen molar-refractivity contribution in [3.05, 3.63) is 90.5 Å². The van der Waals surface area contributed by atoms with E-state index in [2.05, 4.69) is 20.4 Å². The average Bonchev–Trinajstić information content (AvgIpc) is 3.23. The fourth-order valence-electron chi connectivity index (χ4n) is 2.87. The van der Waals surface area contributed by atoms with Crippen LogP contribution in [0.25, 0.3) is 17.1 Å². The van der Waals surface area contributed by atoms with Crippen molar-refractivity contribution in [1.82, 2.24) is 19.7 Å². The van der Waals surface area contributed by atoms with Gasteiger partial charge in [0, 0.05) is 30.2 Å². The third kappa shape index (κ3) is 4.26. The molecule has 8 heteroatoms. The number of hydrogen-bond acceptors (Lipinski definition) is 4. The molecule has 0 aliphatic heterocycles. The zero-order valence-electron chi connectivity index (χ0n) is 15.1. The van der Waals surface area contributed by atoms with Crippen molar-refractivity contribution in [2.24, 2.45) is 0 Å². The molecule has 29 heavy (non-hydrogen) atoms. The molecule has 0 unspecified atom stereocenters. The van der Waals surface area contributed by atoms with E-state index < -0.39 is 11.7 Å². The van der Waals surface area contributed by atoms with E-state index in [1.54, 1.807) is 18.5 Å². The lowest BCUT2D eigenvalue weighted by Crippen LogP contribution is -2.06. The van der Waals surface area contributed by atoms with E-state index in [1.807, 2.05) is 36.4 Å². The summed E-state index contributed by atoms with van der Waals surface area (Å²) >= 11 is 0. The van der Waals surface area contributed by atoms with Gasteiger partial charge in [-0.2, -0.15) is 13.2 Å². The van der Waals surface area contributed by atoms with Crippen molar-refractivity contribution in [3.63, 3.8) is 0 Å². The molecule has 1 N–H and O–H groups in total. The Morgan fingerprint density at radius 3 is 2.62 bits per heavy atom. The third-order valence-corrected chi connectivity index (χ3v) is 4.30. The number of rotatable bonds is 5. The number of nitrogens with zero attached hydrogens (tertiary/aromatic N) is 4. The standard InChI is InChI=1S/C21H16F3N5/c22-21(23,24)16-6-3-7-17(11-16)29-14-27-20(28-29)18-8-1-2-9-19(18)26-13-15-5-4-10-25-12-15/h1-12,14,26H,13H2. The van der Waals surface area contributed by atoms with E-state index in [4.69, 9.17) is 0 Å². The average molecular weight is 395 g/mol. The Morgan fingerprint density at radius 1 is 0.966 bits per heavy atom. The second kappa shape index (κ2) is 7.75. The molecule has 4 rings (SSSR count). The van der Waals surface area contributed by atoms with Gasteiger partial charge >= 0.3 is 6.18 Å². The second-order valence-corrected chi connectivity index (χ2v) is 6.32. The minimum atomic E-state index is -4.41. The summed E-state index contributed by atoms with van der Waals surface area (Å²) in [6.45, 7) is 0.569. The monoisotopic (exact) mass is 395 g/mol. The van der Waals surface area contributed by atoms with Gasteiger partial charge < -0.3 is 5.32 Å². The molecule has 0 fully saturated rings. The molecule has 146 valence electrons. The van der Waals surface area contributed by atoms with Crippen molar-refractivity contribution in [3.8, 4) is 17.1 Å². The molecule has 2 heterocycles. The fraction of sp³-hybridized carbons (Fsp3) is 0.0952. The SMILES string of the molecule is FC(F)(F)c1cccc(-n2cnc(-c3ccccc3NCc3cccnc3)n2)c1. The van der Waals surface area contributed by atoms with E-state index in [1.165, 1.54) is 17.1 Å². The van der Waals surface area contributed by atoms with Crippen LogP contribution in [-0.2, 0) is 12.7 Å². The van der Waals surface area contributed by atoms with Gasteiger partial charge in [0.15, 0.2) is 5.82 Å². The summed E-state index contributed by atoms with van der Waals surface area (Å²) < 4.78 is 40.3. The highest BCUT2D eigenvalue weighted by atomic mass is 19.4. The van der Waals surface area contributed by atoms with Gasteiger partial charge in [0.25, 0.3) is 0 Å². The van der Waals surface area contributed by atoms with E-state index in [0.717, 1.165) is 28.9 Å². The minimum absolute atomic E-state index is 0.291. The van der Waals surface area contributed by atoms with E-state index in [-0.39, 0.29) is 0 Å². The number of anilines is 1. The van der Waals surface area contributed by atoms with Gasteiger partial charge in [-0.3, -0.25) is 4.98 Å². The van der Waals surface area contributed by atoms with Crippen LogP contribution in [0.1, 0.15) is 11.1 Å². The highest BCUT2D eigenvalue weighted by Crippen LogP contribution is 2.31. The highest BCUT2D eigenvalue weighted by Gasteiger charge is 2.30. The summed E-state index contributed by atoms with van der Waals surface area (Å²) in [4.78, 5) is 8.38. The number of aromatic nitrogens is 4. The molecule has 2 aromatic carbocycles. The van der Waals surface area contributed by atoms with E-state index in [9.17, 15) is 13.2 Å². The number of halogens is 3. The maximum Gasteiger partial charge on any atom is 0.416 e. The summed E-state index contributed by atoms with van der Waals surface area (Å²) in [7, 11) is 0. The number of para-hydroxylation sites is 1. The molecular weight excluding hydrogens is 379 g/mol. The molecule has 0 saturated carbocycles. The van der Waals surface area contributed by atoms with Gasteiger partial charge in [-0.1, -0.05) is 24.3 Å². The van der Waals surface area contributed by atoms with Gasteiger partial charge in [0.1, 0.15) is 6.33 Å². The molecular formula is C21H16F3N5. The van der Waals surface area contributed by atoms with Crippen LogP contribution < -0.4 is 5.32 Å². The Labute approximate surface area is 164 Å². The molecule has 0 aliphatic carbocycles. The van der Waals surface area contributed by atoms with Crippen molar-refractivity contribution < 1.29 is 13.2 Å². The lowest BCUT2D eigenvalue weighted by Gasteiger charge is -2.10. The quantitative estimate of drug-likeness (QED) is 0.519. The normalized spacial score (nSPS) is 11.4. The van der Waals surface area contributed by atoms with E-state index >= 15 is 0 Å².